The highest BCUT2D eigenvalue weighted by Crippen LogP contribution is 2.66. The van der Waals surface area contributed by atoms with Crippen molar-refractivity contribution in [1.29, 1.82) is 0 Å². The molecule has 0 aliphatic carbocycles. The van der Waals surface area contributed by atoms with E-state index in [2.05, 4.69) is 122 Å². The van der Waals surface area contributed by atoms with E-state index in [1.165, 1.54) is 32.9 Å². The van der Waals surface area contributed by atoms with Gasteiger partial charge in [-0.05, 0) is 48.5 Å². The summed E-state index contributed by atoms with van der Waals surface area (Å²) in [5, 5.41) is 2.48. The van der Waals surface area contributed by atoms with Gasteiger partial charge in [-0.2, -0.15) is 0 Å². The summed E-state index contributed by atoms with van der Waals surface area (Å²) in [6.45, 7) is 0. The molecular weight excluding hydrogens is 373 g/mol. The minimum Gasteiger partial charge on any atom is -0.345 e. The van der Waals surface area contributed by atoms with Gasteiger partial charge in [-0.3, -0.25) is 4.67 Å². The Kier molecular flexibility index (Phi) is 5.69. The molecule has 3 aromatic rings. The first kappa shape index (κ1) is 19.7. The topological polar surface area (TPSA) is 12.5 Å². The fourth-order valence-corrected chi connectivity index (χ4v) is 7.43. The summed E-state index contributed by atoms with van der Waals surface area (Å²) in [6.07, 6.45) is 4.63. The van der Waals surface area contributed by atoms with Crippen LogP contribution >= 0.6 is 7.26 Å². The van der Waals surface area contributed by atoms with Gasteiger partial charge >= 0.3 is 0 Å². The number of hydrogen-bond acceptors (Lipinski definition) is 2. The average molecular weight is 399 g/mol. The van der Waals surface area contributed by atoms with E-state index in [9.17, 15) is 0 Å². The quantitative estimate of drug-likeness (QED) is 0.460. The summed E-state index contributed by atoms with van der Waals surface area (Å²) in [4.78, 5) is 0. The molecule has 0 amide bonds. The van der Waals surface area contributed by atoms with Crippen molar-refractivity contribution in [3.63, 3.8) is 0 Å². The maximum atomic E-state index is 6.45. The Hall–Kier alpha value is -2.64. The molecule has 2 nitrogen and oxygen atoms in total. The Morgan fingerprint density at radius 3 is 1.59 bits per heavy atom. The molecule has 0 fully saturated rings. The molecule has 1 atom stereocenters. The summed E-state index contributed by atoms with van der Waals surface area (Å²) >= 11 is 0. The van der Waals surface area contributed by atoms with E-state index in [0.29, 0.717) is 0 Å². The maximum absolute atomic E-state index is 6.45. The van der Waals surface area contributed by atoms with E-state index < -0.39 is 7.26 Å². The minimum absolute atomic E-state index is 1.20. The number of rotatable bonds is 5. The Balaban J connectivity index is 2.10. The highest BCUT2D eigenvalue weighted by Gasteiger charge is 2.34. The standard InChI is InChI=1S/C26H26NOP/c1-27(2)29(28-3)25(22-15-9-5-10-16-22)19-24(21-13-7-4-8-14-21)20-26(29)23-17-11-6-12-18-23/h4-20H,1-3H3. The number of allylic oxidation sites excluding steroid dienone is 3. The Labute approximate surface area is 173 Å². The summed E-state index contributed by atoms with van der Waals surface area (Å²) in [5.74, 6) is 0. The van der Waals surface area contributed by atoms with E-state index >= 15 is 0 Å². The van der Waals surface area contributed by atoms with Crippen LogP contribution in [0.3, 0.4) is 0 Å². The van der Waals surface area contributed by atoms with Gasteiger partial charge in [0.15, 0.2) is 0 Å². The fraction of sp³-hybridized carbons (Fsp3) is 0.115. The molecule has 3 heteroatoms. The first-order valence-corrected chi connectivity index (χ1v) is 11.4. The molecule has 0 saturated heterocycles. The molecule has 1 unspecified atom stereocenters. The van der Waals surface area contributed by atoms with Crippen molar-refractivity contribution in [2.75, 3.05) is 21.2 Å². The van der Waals surface area contributed by atoms with Crippen molar-refractivity contribution < 1.29 is 4.52 Å². The summed E-state index contributed by atoms with van der Waals surface area (Å²) in [5.41, 5.74) is 4.82. The van der Waals surface area contributed by atoms with Gasteiger partial charge in [0.2, 0.25) is 0 Å². The lowest BCUT2D eigenvalue weighted by Crippen LogP contribution is -2.20. The summed E-state index contributed by atoms with van der Waals surface area (Å²) in [7, 11) is 3.86. The molecule has 0 spiro atoms. The summed E-state index contributed by atoms with van der Waals surface area (Å²) in [6, 6.07) is 31.8. The first-order chi connectivity index (χ1) is 14.2. The van der Waals surface area contributed by atoms with Crippen LogP contribution < -0.4 is 0 Å². The van der Waals surface area contributed by atoms with Crippen LogP contribution in [-0.4, -0.2) is 31.2 Å². The number of benzene rings is 3. The third-order valence-electron chi connectivity index (χ3n) is 5.31. The van der Waals surface area contributed by atoms with Crippen molar-refractivity contribution in [3.05, 3.63) is 120 Å². The van der Waals surface area contributed by atoms with Crippen LogP contribution in [-0.2, 0) is 4.52 Å². The SMILES string of the molecule is COP1(N(C)C)=C(c2ccccc2)C=C(c2ccccc2)C=C1c1ccccc1. The average Bonchev–Trinajstić information content (AvgIpc) is 2.79. The molecule has 1 heterocycles. The van der Waals surface area contributed by atoms with Gasteiger partial charge in [0, 0.05) is 17.7 Å². The Bertz CT molecular complexity index is 1090. The molecular formula is C26H26NOP. The lowest BCUT2D eigenvalue weighted by molar-refractivity contribution is 0.423. The van der Waals surface area contributed by atoms with Crippen LogP contribution in [0.25, 0.3) is 10.9 Å². The van der Waals surface area contributed by atoms with E-state index in [4.69, 9.17) is 4.52 Å². The van der Waals surface area contributed by atoms with Gasteiger partial charge in [-0.1, -0.05) is 91.0 Å². The second-order valence-electron chi connectivity index (χ2n) is 7.22. The molecule has 0 aromatic heterocycles. The highest BCUT2D eigenvalue weighted by atomic mass is 31.2. The van der Waals surface area contributed by atoms with Gasteiger partial charge in [-0.25, -0.2) is 0 Å². The van der Waals surface area contributed by atoms with Gasteiger partial charge in [0.25, 0.3) is 0 Å². The number of nitrogens with zero attached hydrogens (tertiary/aromatic N) is 1. The van der Waals surface area contributed by atoms with Crippen molar-refractivity contribution >= 4 is 23.4 Å². The second-order valence-corrected chi connectivity index (χ2v) is 10.5. The lowest BCUT2D eigenvalue weighted by Gasteiger charge is -2.39. The summed E-state index contributed by atoms with van der Waals surface area (Å²) < 4.78 is 8.72. The van der Waals surface area contributed by atoms with Gasteiger partial charge in [0.1, 0.15) is 7.26 Å². The van der Waals surface area contributed by atoms with E-state index in [1.54, 1.807) is 0 Å². The molecule has 0 bridgehead atoms. The molecule has 0 N–H and O–H groups in total. The largest absolute Gasteiger partial charge is 0.345 e. The molecule has 146 valence electrons. The van der Waals surface area contributed by atoms with Crippen LogP contribution in [0.4, 0.5) is 0 Å². The molecule has 29 heavy (non-hydrogen) atoms. The van der Waals surface area contributed by atoms with E-state index in [0.717, 1.165) is 0 Å². The van der Waals surface area contributed by atoms with Crippen LogP contribution in [0, 0.1) is 0 Å². The number of hydrogen-bond donors (Lipinski definition) is 0. The molecule has 0 saturated carbocycles. The van der Waals surface area contributed by atoms with Gasteiger partial charge in [0.05, 0.1) is 0 Å². The minimum atomic E-state index is -2.23. The first-order valence-electron chi connectivity index (χ1n) is 9.77. The zero-order chi connectivity index (χ0) is 20.3. The fourth-order valence-electron chi connectivity index (χ4n) is 3.96. The monoisotopic (exact) mass is 399 g/mol. The van der Waals surface area contributed by atoms with Crippen LogP contribution in [0.5, 0.6) is 0 Å². The molecule has 4 rings (SSSR count). The molecule has 0 radical (unpaired) electrons. The highest BCUT2D eigenvalue weighted by molar-refractivity contribution is 7.80. The second kappa shape index (κ2) is 8.39. The normalized spacial score (nSPS) is 19.1. The third kappa shape index (κ3) is 3.56. The lowest BCUT2D eigenvalue weighted by atomic mass is 10.0. The molecule has 3 aromatic carbocycles. The van der Waals surface area contributed by atoms with Crippen molar-refractivity contribution in [2.45, 2.75) is 0 Å². The Morgan fingerprint density at radius 1 is 0.621 bits per heavy atom. The van der Waals surface area contributed by atoms with Crippen LogP contribution in [0.1, 0.15) is 16.7 Å². The van der Waals surface area contributed by atoms with Crippen LogP contribution in [0.2, 0.25) is 0 Å². The van der Waals surface area contributed by atoms with Crippen LogP contribution in [0.15, 0.2) is 103 Å². The van der Waals surface area contributed by atoms with Crippen molar-refractivity contribution in [3.8, 4) is 0 Å². The van der Waals surface area contributed by atoms with Gasteiger partial charge < -0.3 is 4.52 Å². The zero-order valence-corrected chi connectivity index (χ0v) is 18.0. The van der Waals surface area contributed by atoms with Crippen molar-refractivity contribution in [2.24, 2.45) is 0 Å². The smallest absolute Gasteiger partial charge is 0.106 e. The van der Waals surface area contributed by atoms with Gasteiger partial charge in [-0.15, -0.1) is 0 Å². The predicted molar refractivity (Wildman–Crippen MR) is 127 cm³/mol. The Morgan fingerprint density at radius 2 is 1.10 bits per heavy atom. The van der Waals surface area contributed by atoms with E-state index in [1.807, 2.05) is 7.11 Å². The zero-order valence-electron chi connectivity index (χ0n) is 17.1. The van der Waals surface area contributed by atoms with Crippen molar-refractivity contribution in [1.82, 2.24) is 4.67 Å². The molecule has 1 aliphatic rings. The third-order valence-corrected chi connectivity index (χ3v) is 9.05. The predicted octanol–water partition coefficient (Wildman–Crippen LogP) is 6.40. The maximum Gasteiger partial charge on any atom is 0.106 e. The van der Waals surface area contributed by atoms with E-state index in [-0.39, 0.29) is 0 Å². The molecule has 1 aliphatic heterocycles.